The number of rotatable bonds is 3. The van der Waals surface area contributed by atoms with Crippen LogP contribution in [0.5, 0.6) is 0 Å². The molecule has 0 unspecified atom stereocenters. The van der Waals surface area contributed by atoms with Crippen molar-refractivity contribution >= 4 is 0 Å². The van der Waals surface area contributed by atoms with Crippen molar-refractivity contribution in [1.82, 2.24) is 0 Å². The molecule has 0 heterocycles. The highest BCUT2D eigenvalue weighted by atomic mass is 16.5. The first-order valence-electron chi connectivity index (χ1n) is 3.72. The van der Waals surface area contributed by atoms with Crippen LogP contribution in [0.1, 0.15) is 12.8 Å². The van der Waals surface area contributed by atoms with Crippen LogP contribution in [0.2, 0.25) is 0 Å². The van der Waals surface area contributed by atoms with Crippen LogP contribution < -0.4 is 5.73 Å². The molecule has 0 saturated carbocycles. The van der Waals surface area contributed by atoms with Crippen LogP contribution in [-0.2, 0) is 4.74 Å². The summed E-state index contributed by atoms with van der Waals surface area (Å²) >= 11 is 0. The molecule has 1 aliphatic rings. The van der Waals surface area contributed by atoms with Gasteiger partial charge in [-0.05, 0) is 18.6 Å². The Labute approximate surface area is 66.2 Å². The Kier molecular flexibility index (Phi) is 2.98. The predicted octanol–water partition coefficient (Wildman–Crippen LogP) is 0.516. The number of hydrogen-bond acceptors (Lipinski definition) is 3. The molecule has 3 heteroatoms. The van der Waals surface area contributed by atoms with E-state index in [0.717, 1.165) is 24.3 Å². The fraction of sp³-hybridized carbons (Fsp3) is 0.500. The zero-order valence-corrected chi connectivity index (χ0v) is 6.42. The van der Waals surface area contributed by atoms with Crippen LogP contribution in [0, 0.1) is 0 Å². The van der Waals surface area contributed by atoms with Gasteiger partial charge in [0.2, 0.25) is 0 Å². The van der Waals surface area contributed by atoms with Gasteiger partial charge in [0.05, 0.1) is 12.4 Å². The van der Waals surface area contributed by atoms with Crippen LogP contribution in [0.25, 0.3) is 0 Å². The lowest BCUT2D eigenvalue weighted by atomic mass is 10.1. The fourth-order valence-corrected chi connectivity index (χ4v) is 0.931. The van der Waals surface area contributed by atoms with Gasteiger partial charge in [-0.3, -0.25) is 0 Å². The molecule has 0 fully saturated rings. The summed E-state index contributed by atoms with van der Waals surface area (Å²) in [7, 11) is 0. The van der Waals surface area contributed by atoms with Crippen LogP contribution in [0.4, 0.5) is 0 Å². The van der Waals surface area contributed by atoms with Gasteiger partial charge in [-0.25, -0.2) is 0 Å². The van der Waals surface area contributed by atoms with Crippen molar-refractivity contribution in [1.29, 1.82) is 0 Å². The van der Waals surface area contributed by atoms with E-state index < -0.39 is 0 Å². The Morgan fingerprint density at radius 2 is 2.27 bits per heavy atom. The second kappa shape index (κ2) is 4.03. The number of ether oxygens (including phenoxy) is 1. The van der Waals surface area contributed by atoms with E-state index in [9.17, 15) is 0 Å². The lowest BCUT2D eigenvalue weighted by molar-refractivity contribution is 0.139. The van der Waals surface area contributed by atoms with Gasteiger partial charge >= 0.3 is 0 Å². The normalized spacial score (nSPS) is 17.2. The first-order chi connectivity index (χ1) is 5.33. The highest BCUT2D eigenvalue weighted by Gasteiger charge is 2.03. The van der Waals surface area contributed by atoms with Crippen LogP contribution >= 0.6 is 0 Å². The molecule has 11 heavy (non-hydrogen) atoms. The van der Waals surface area contributed by atoms with Gasteiger partial charge in [0, 0.05) is 12.1 Å². The average Bonchev–Trinajstić information content (AvgIpc) is 2.04. The van der Waals surface area contributed by atoms with Crippen molar-refractivity contribution in [3.8, 4) is 0 Å². The van der Waals surface area contributed by atoms with Gasteiger partial charge in [0.25, 0.3) is 0 Å². The molecule has 62 valence electrons. The summed E-state index contributed by atoms with van der Waals surface area (Å²) in [6.07, 6.45) is 5.41. The van der Waals surface area contributed by atoms with E-state index in [1.165, 1.54) is 0 Å². The zero-order valence-electron chi connectivity index (χ0n) is 6.42. The monoisotopic (exact) mass is 155 g/mol. The van der Waals surface area contributed by atoms with Crippen LogP contribution in [0.15, 0.2) is 23.6 Å². The van der Waals surface area contributed by atoms with E-state index in [1.54, 1.807) is 0 Å². The van der Waals surface area contributed by atoms with Crippen molar-refractivity contribution in [3.63, 3.8) is 0 Å². The third-order valence-electron chi connectivity index (χ3n) is 1.52. The minimum absolute atomic E-state index is 0.0660. The molecule has 3 nitrogen and oxygen atoms in total. The first-order valence-corrected chi connectivity index (χ1v) is 3.72. The molecule has 0 saturated heterocycles. The molecular formula is C8H13NO2. The van der Waals surface area contributed by atoms with E-state index in [-0.39, 0.29) is 6.61 Å². The highest BCUT2D eigenvalue weighted by Crippen LogP contribution is 2.15. The van der Waals surface area contributed by atoms with E-state index in [4.69, 9.17) is 15.6 Å². The summed E-state index contributed by atoms with van der Waals surface area (Å²) in [4.78, 5) is 0. The molecular weight excluding hydrogens is 142 g/mol. The smallest absolute Gasteiger partial charge is 0.111 e. The molecule has 0 aliphatic heterocycles. The lowest BCUT2D eigenvalue weighted by Crippen LogP contribution is -2.05. The topological polar surface area (TPSA) is 55.5 Å². The molecule has 0 radical (unpaired) electrons. The van der Waals surface area contributed by atoms with Gasteiger partial charge in [-0.2, -0.15) is 0 Å². The number of allylic oxidation sites excluding steroid dienone is 4. The third-order valence-corrected chi connectivity index (χ3v) is 1.52. The quantitative estimate of drug-likeness (QED) is 0.624. The van der Waals surface area contributed by atoms with Crippen molar-refractivity contribution in [2.45, 2.75) is 12.8 Å². The standard InChI is InChI=1S/C8H13NO2/c9-7-1-3-8(4-2-7)11-6-5-10/h1,3,10H,2,4-6,9H2. The van der Waals surface area contributed by atoms with E-state index >= 15 is 0 Å². The molecule has 0 atom stereocenters. The minimum atomic E-state index is 0.0660. The maximum atomic E-state index is 8.46. The van der Waals surface area contributed by atoms with Gasteiger partial charge in [0.15, 0.2) is 0 Å². The Hall–Kier alpha value is -0.960. The van der Waals surface area contributed by atoms with Gasteiger partial charge < -0.3 is 15.6 Å². The fourth-order valence-electron chi connectivity index (χ4n) is 0.931. The molecule has 0 aromatic heterocycles. The molecule has 0 aromatic carbocycles. The summed E-state index contributed by atoms with van der Waals surface area (Å²) < 4.78 is 5.19. The van der Waals surface area contributed by atoms with Crippen molar-refractivity contribution < 1.29 is 9.84 Å². The molecule has 0 aromatic rings. The maximum absolute atomic E-state index is 8.46. The van der Waals surface area contributed by atoms with Crippen molar-refractivity contribution in [3.05, 3.63) is 23.6 Å². The minimum Gasteiger partial charge on any atom is -0.496 e. The largest absolute Gasteiger partial charge is 0.496 e. The second-order valence-corrected chi connectivity index (χ2v) is 2.45. The zero-order chi connectivity index (χ0) is 8.10. The number of aliphatic hydroxyl groups excluding tert-OH is 1. The van der Waals surface area contributed by atoms with Crippen LogP contribution in [-0.4, -0.2) is 18.3 Å². The number of nitrogens with two attached hydrogens (primary N) is 1. The molecule has 0 amide bonds. The first kappa shape index (κ1) is 8.14. The Bertz CT molecular complexity index is 185. The van der Waals surface area contributed by atoms with E-state index in [1.807, 2.05) is 12.2 Å². The summed E-state index contributed by atoms with van der Waals surface area (Å²) in [6.45, 7) is 0.441. The van der Waals surface area contributed by atoms with Gasteiger partial charge in [-0.1, -0.05) is 0 Å². The molecule has 1 aliphatic carbocycles. The second-order valence-electron chi connectivity index (χ2n) is 2.45. The predicted molar refractivity (Wildman–Crippen MR) is 42.6 cm³/mol. The number of aliphatic hydroxyl groups is 1. The summed E-state index contributed by atoms with van der Waals surface area (Å²) in [5.74, 6) is 0.910. The number of hydrogen-bond donors (Lipinski definition) is 2. The van der Waals surface area contributed by atoms with Crippen molar-refractivity contribution in [2.75, 3.05) is 13.2 Å². The van der Waals surface area contributed by atoms with Crippen molar-refractivity contribution in [2.24, 2.45) is 5.73 Å². The molecule has 0 spiro atoms. The Morgan fingerprint density at radius 3 is 2.82 bits per heavy atom. The molecule has 1 rings (SSSR count). The Balaban J connectivity index is 2.35. The highest BCUT2D eigenvalue weighted by molar-refractivity contribution is 5.18. The SMILES string of the molecule is NC1=CC=C(OCCO)CC1. The summed E-state index contributed by atoms with van der Waals surface area (Å²) in [6, 6.07) is 0. The Morgan fingerprint density at radius 1 is 1.45 bits per heavy atom. The van der Waals surface area contributed by atoms with E-state index in [2.05, 4.69) is 0 Å². The third kappa shape index (κ3) is 2.63. The van der Waals surface area contributed by atoms with Crippen LogP contribution in [0.3, 0.4) is 0 Å². The van der Waals surface area contributed by atoms with Gasteiger partial charge in [0.1, 0.15) is 6.61 Å². The lowest BCUT2D eigenvalue weighted by Gasteiger charge is -2.12. The maximum Gasteiger partial charge on any atom is 0.111 e. The summed E-state index contributed by atoms with van der Waals surface area (Å²) in [5.41, 5.74) is 6.43. The van der Waals surface area contributed by atoms with E-state index in [0.29, 0.717) is 6.61 Å². The van der Waals surface area contributed by atoms with Gasteiger partial charge in [-0.15, -0.1) is 0 Å². The molecule has 3 N–H and O–H groups in total. The molecule has 0 bridgehead atoms. The average molecular weight is 155 g/mol. The summed E-state index contributed by atoms with van der Waals surface area (Å²) in [5, 5.41) is 8.46.